The maximum Gasteiger partial charge on any atom is 0.0607 e. The van der Waals surface area contributed by atoms with E-state index in [0.29, 0.717) is 0 Å². The van der Waals surface area contributed by atoms with Crippen LogP contribution in [0.1, 0.15) is 40.5 Å². The summed E-state index contributed by atoms with van der Waals surface area (Å²) in [6, 6.07) is 0. The van der Waals surface area contributed by atoms with Gasteiger partial charge in [-0.15, -0.1) is 0 Å². The van der Waals surface area contributed by atoms with E-state index in [0.717, 1.165) is 12.5 Å². The lowest BCUT2D eigenvalue weighted by molar-refractivity contribution is 0.188. The van der Waals surface area contributed by atoms with Crippen molar-refractivity contribution in [1.82, 2.24) is 5.32 Å². The van der Waals surface area contributed by atoms with Gasteiger partial charge in [-0.2, -0.15) is 0 Å². The van der Waals surface area contributed by atoms with Crippen molar-refractivity contribution in [3.8, 4) is 0 Å². The molecule has 0 aliphatic rings. The highest BCUT2D eigenvalue weighted by molar-refractivity contribution is 4.75. The van der Waals surface area contributed by atoms with Crippen molar-refractivity contribution < 1.29 is 5.11 Å². The molecule has 0 fully saturated rings. The summed E-state index contributed by atoms with van der Waals surface area (Å²) in [5.41, 5.74) is -0.114. The van der Waals surface area contributed by atoms with Crippen LogP contribution in [0.2, 0.25) is 0 Å². The number of rotatable bonds is 6. The van der Waals surface area contributed by atoms with Gasteiger partial charge in [0, 0.05) is 5.54 Å². The molecule has 0 unspecified atom stereocenters. The fraction of sp³-hybridized carbons (Fsp3) is 1.00. The Kier molecular flexibility index (Phi) is 5.51. The Balaban J connectivity index is 3.31. The minimum atomic E-state index is -0.114. The smallest absolute Gasteiger partial charge is 0.0607 e. The summed E-state index contributed by atoms with van der Waals surface area (Å²) in [6.07, 6.45) is 2.45. The Morgan fingerprint density at radius 3 is 2.33 bits per heavy atom. The molecule has 0 spiro atoms. The van der Waals surface area contributed by atoms with E-state index in [1.807, 2.05) is 13.8 Å². The number of aliphatic hydroxyl groups is 1. The fourth-order valence-electron chi connectivity index (χ4n) is 0.993. The van der Waals surface area contributed by atoms with E-state index >= 15 is 0 Å². The third-order valence-corrected chi connectivity index (χ3v) is 1.96. The summed E-state index contributed by atoms with van der Waals surface area (Å²) in [4.78, 5) is 0. The Hall–Kier alpha value is -0.0800. The molecule has 0 atom stereocenters. The average Bonchev–Trinajstić information content (AvgIpc) is 1.98. The second kappa shape index (κ2) is 5.55. The topological polar surface area (TPSA) is 32.3 Å². The zero-order chi connectivity index (χ0) is 9.61. The summed E-state index contributed by atoms with van der Waals surface area (Å²) in [6.45, 7) is 9.71. The van der Waals surface area contributed by atoms with Crippen molar-refractivity contribution >= 4 is 0 Å². The second-order valence-corrected chi connectivity index (χ2v) is 4.50. The molecule has 0 saturated heterocycles. The van der Waals surface area contributed by atoms with Crippen LogP contribution in [0.5, 0.6) is 0 Å². The maximum absolute atomic E-state index is 8.94. The molecule has 0 aliphatic carbocycles. The second-order valence-electron chi connectivity index (χ2n) is 4.50. The zero-order valence-corrected chi connectivity index (χ0v) is 8.85. The highest BCUT2D eigenvalue weighted by Gasteiger charge is 2.13. The largest absolute Gasteiger partial charge is 0.394 e. The molecule has 12 heavy (non-hydrogen) atoms. The molecule has 2 nitrogen and oxygen atoms in total. The molecular formula is C10H23NO. The van der Waals surface area contributed by atoms with Gasteiger partial charge in [-0.3, -0.25) is 0 Å². The van der Waals surface area contributed by atoms with Gasteiger partial charge in [0.25, 0.3) is 0 Å². The Bertz CT molecular complexity index is 110. The predicted octanol–water partition coefficient (Wildman–Crippen LogP) is 1.78. The number of aliphatic hydroxyl groups excluding tert-OH is 1. The van der Waals surface area contributed by atoms with Crippen LogP contribution in [-0.2, 0) is 0 Å². The molecule has 0 aromatic heterocycles. The van der Waals surface area contributed by atoms with E-state index in [4.69, 9.17) is 5.11 Å². The van der Waals surface area contributed by atoms with E-state index in [9.17, 15) is 0 Å². The van der Waals surface area contributed by atoms with Crippen LogP contribution in [0.25, 0.3) is 0 Å². The van der Waals surface area contributed by atoms with Crippen molar-refractivity contribution in [1.29, 1.82) is 0 Å². The lowest BCUT2D eigenvalue weighted by Gasteiger charge is -2.23. The minimum absolute atomic E-state index is 0.114. The van der Waals surface area contributed by atoms with Crippen molar-refractivity contribution in [2.45, 2.75) is 46.1 Å². The average molecular weight is 173 g/mol. The molecule has 0 aliphatic heterocycles. The summed E-state index contributed by atoms with van der Waals surface area (Å²) in [5.74, 6) is 0.782. The third-order valence-electron chi connectivity index (χ3n) is 1.96. The van der Waals surface area contributed by atoms with Crippen molar-refractivity contribution in [3.05, 3.63) is 0 Å². The van der Waals surface area contributed by atoms with Gasteiger partial charge in [-0.05, 0) is 39.2 Å². The summed E-state index contributed by atoms with van der Waals surface area (Å²) < 4.78 is 0. The van der Waals surface area contributed by atoms with Crippen LogP contribution in [0.3, 0.4) is 0 Å². The van der Waals surface area contributed by atoms with Crippen LogP contribution in [0, 0.1) is 5.92 Å². The standard InChI is InChI=1S/C10H23NO/c1-9(2)6-5-7-11-10(3,4)8-12/h9,11-12H,5-8H2,1-4H3. The highest BCUT2D eigenvalue weighted by Crippen LogP contribution is 2.04. The monoisotopic (exact) mass is 173 g/mol. The Labute approximate surface area is 76.4 Å². The number of hydrogen-bond acceptors (Lipinski definition) is 2. The minimum Gasteiger partial charge on any atom is -0.394 e. The first-order chi connectivity index (χ1) is 5.48. The van der Waals surface area contributed by atoms with Gasteiger partial charge < -0.3 is 10.4 Å². The molecule has 0 aromatic carbocycles. The van der Waals surface area contributed by atoms with Gasteiger partial charge in [0.15, 0.2) is 0 Å². The van der Waals surface area contributed by atoms with E-state index in [-0.39, 0.29) is 12.1 Å². The van der Waals surface area contributed by atoms with Crippen LogP contribution in [-0.4, -0.2) is 23.8 Å². The van der Waals surface area contributed by atoms with Crippen LogP contribution >= 0.6 is 0 Å². The number of hydrogen-bond donors (Lipinski definition) is 2. The van der Waals surface area contributed by atoms with Gasteiger partial charge >= 0.3 is 0 Å². The van der Waals surface area contributed by atoms with Crippen molar-refractivity contribution in [2.24, 2.45) is 5.92 Å². The normalized spacial score (nSPS) is 12.5. The Morgan fingerprint density at radius 2 is 1.92 bits per heavy atom. The van der Waals surface area contributed by atoms with Gasteiger partial charge in [-0.25, -0.2) is 0 Å². The predicted molar refractivity (Wildman–Crippen MR) is 53.2 cm³/mol. The molecule has 74 valence electrons. The van der Waals surface area contributed by atoms with Gasteiger partial charge in [-0.1, -0.05) is 13.8 Å². The molecule has 0 saturated carbocycles. The summed E-state index contributed by atoms with van der Waals surface area (Å²) in [7, 11) is 0. The fourth-order valence-corrected chi connectivity index (χ4v) is 0.993. The van der Waals surface area contributed by atoms with Crippen LogP contribution < -0.4 is 5.32 Å². The van der Waals surface area contributed by atoms with Crippen LogP contribution in [0.4, 0.5) is 0 Å². The molecule has 2 N–H and O–H groups in total. The lowest BCUT2D eigenvalue weighted by Crippen LogP contribution is -2.43. The van der Waals surface area contributed by atoms with Gasteiger partial charge in [0.2, 0.25) is 0 Å². The maximum atomic E-state index is 8.94. The van der Waals surface area contributed by atoms with Gasteiger partial charge in [0.05, 0.1) is 6.61 Å². The quantitative estimate of drug-likeness (QED) is 0.600. The first-order valence-electron chi connectivity index (χ1n) is 4.84. The highest BCUT2D eigenvalue weighted by atomic mass is 16.3. The van der Waals surface area contributed by atoms with Crippen molar-refractivity contribution in [2.75, 3.05) is 13.2 Å². The zero-order valence-electron chi connectivity index (χ0n) is 8.85. The molecule has 0 amide bonds. The third kappa shape index (κ3) is 6.62. The van der Waals surface area contributed by atoms with E-state index in [2.05, 4.69) is 19.2 Å². The van der Waals surface area contributed by atoms with E-state index in [1.165, 1.54) is 12.8 Å². The number of nitrogens with one attached hydrogen (secondary N) is 1. The molecular weight excluding hydrogens is 150 g/mol. The summed E-state index contributed by atoms with van der Waals surface area (Å²) in [5, 5.41) is 12.3. The molecule has 2 heteroatoms. The van der Waals surface area contributed by atoms with Crippen LogP contribution in [0.15, 0.2) is 0 Å². The van der Waals surface area contributed by atoms with Crippen molar-refractivity contribution in [3.63, 3.8) is 0 Å². The van der Waals surface area contributed by atoms with E-state index < -0.39 is 0 Å². The summed E-state index contributed by atoms with van der Waals surface area (Å²) >= 11 is 0. The molecule has 0 aromatic rings. The molecule has 0 radical (unpaired) electrons. The molecule has 0 heterocycles. The Morgan fingerprint density at radius 1 is 1.33 bits per heavy atom. The molecule has 0 rings (SSSR count). The first kappa shape index (κ1) is 11.9. The van der Waals surface area contributed by atoms with E-state index in [1.54, 1.807) is 0 Å². The lowest BCUT2D eigenvalue weighted by atomic mass is 10.1. The SMILES string of the molecule is CC(C)CCCNC(C)(C)CO. The first-order valence-corrected chi connectivity index (χ1v) is 4.84. The van der Waals surface area contributed by atoms with Gasteiger partial charge in [0.1, 0.15) is 0 Å². The molecule has 0 bridgehead atoms.